The summed E-state index contributed by atoms with van der Waals surface area (Å²) < 4.78 is 39.2. The molecule has 0 rings (SSSR count). The SMILES string of the molecule is CC/C=C\C/C=C\C/C=C\C/C=C\C/C=C\CC(=O)OCC(COP(=O)(O)OCC(CO)OC(=O)CC/C=C\C/C=C\C/C=C\C/C=C\CC)OC(=O)CCCCCCCCC/C=C\CCCCCCCC. The van der Waals surface area contributed by atoms with Crippen LogP contribution < -0.4 is 0 Å². The summed E-state index contributed by atoms with van der Waals surface area (Å²) in [4.78, 5) is 48.3. The van der Waals surface area contributed by atoms with Crippen LogP contribution in [-0.4, -0.2) is 66.5 Å². The van der Waals surface area contributed by atoms with Crippen LogP contribution in [0.4, 0.5) is 0 Å². The average molecular weight is 1030 g/mol. The number of carbonyl (C=O) groups is 3. The third-order valence-corrected chi connectivity index (χ3v) is 11.8. The van der Waals surface area contributed by atoms with Gasteiger partial charge >= 0.3 is 25.7 Å². The molecular formula is C60H97O11P. The Morgan fingerprint density at radius 3 is 1.26 bits per heavy atom. The van der Waals surface area contributed by atoms with Crippen LogP contribution in [0.3, 0.4) is 0 Å². The Labute approximate surface area is 437 Å². The Hall–Kier alpha value is -4.12. The molecule has 0 aromatic heterocycles. The van der Waals surface area contributed by atoms with Crippen molar-refractivity contribution in [2.24, 2.45) is 0 Å². The van der Waals surface area contributed by atoms with Crippen molar-refractivity contribution in [3.63, 3.8) is 0 Å². The number of unbranched alkanes of at least 4 members (excludes halogenated alkanes) is 13. The summed E-state index contributed by atoms with van der Waals surface area (Å²) >= 11 is 0. The fourth-order valence-electron chi connectivity index (χ4n) is 6.79. The summed E-state index contributed by atoms with van der Waals surface area (Å²) in [5.74, 6) is -1.72. The number of hydrogen-bond donors (Lipinski definition) is 2. The molecular weight excluding hydrogens is 928 g/mol. The van der Waals surface area contributed by atoms with E-state index in [1.54, 1.807) is 6.08 Å². The van der Waals surface area contributed by atoms with Gasteiger partial charge in [0.2, 0.25) is 0 Å². The van der Waals surface area contributed by atoms with Gasteiger partial charge in [-0.1, -0.05) is 206 Å². The molecule has 408 valence electrons. The number of ether oxygens (including phenoxy) is 3. The molecule has 0 fully saturated rings. The predicted molar refractivity (Wildman–Crippen MR) is 297 cm³/mol. The van der Waals surface area contributed by atoms with E-state index in [2.05, 4.69) is 106 Å². The van der Waals surface area contributed by atoms with Crippen molar-refractivity contribution in [3.8, 4) is 0 Å². The molecule has 0 amide bonds. The van der Waals surface area contributed by atoms with Gasteiger partial charge in [-0.3, -0.25) is 23.4 Å². The highest BCUT2D eigenvalue weighted by Gasteiger charge is 2.28. The zero-order valence-corrected chi connectivity index (χ0v) is 45.7. The Morgan fingerprint density at radius 2 is 0.792 bits per heavy atom. The molecule has 12 heteroatoms. The van der Waals surface area contributed by atoms with Gasteiger partial charge in [-0.15, -0.1) is 0 Å². The zero-order valence-electron chi connectivity index (χ0n) is 44.8. The lowest BCUT2D eigenvalue weighted by atomic mass is 10.1. The molecule has 0 saturated carbocycles. The molecule has 0 saturated heterocycles. The normalized spacial score (nSPS) is 14.3. The Balaban J connectivity index is 4.92. The molecule has 0 aliphatic heterocycles. The zero-order chi connectivity index (χ0) is 52.7. The first-order chi connectivity index (χ1) is 35.2. The maximum Gasteiger partial charge on any atom is 0.472 e. The highest BCUT2D eigenvalue weighted by atomic mass is 31.2. The van der Waals surface area contributed by atoms with Crippen LogP contribution in [0.5, 0.6) is 0 Å². The molecule has 2 N–H and O–H groups in total. The number of rotatable bonds is 49. The first kappa shape index (κ1) is 67.9. The molecule has 0 aliphatic carbocycles. The van der Waals surface area contributed by atoms with Gasteiger partial charge in [0.1, 0.15) is 12.7 Å². The summed E-state index contributed by atoms with van der Waals surface area (Å²) in [5.41, 5.74) is 0. The van der Waals surface area contributed by atoms with Crippen molar-refractivity contribution in [2.75, 3.05) is 26.4 Å². The number of esters is 3. The molecule has 72 heavy (non-hydrogen) atoms. The largest absolute Gasteiger partial charge is 0.472 e. The van der Waals surface area contributed by atoms with E-state index in [1.807, 2.05) is 30.4 Å². The third kappa shape index (κ3) is 50.8. The average Bonchev–Trinajstić information content (AvgIpc) is 3.37. The minimum Gasteiger partial charge on any atom is -0.461 e. The molecule has 0 aromatic rings. The number of phosphoric acid groups is 1. The van der Waals surface area contributed by atoms with Crippen molar-refractivity contribution in [1.82, 2.24) is 0 Å². The molecule has 0 heterocycles. The number of allylic oxidation sites excluding steroid dienone is 19. The fraction of sp³-hybridized carbons (Fsp3) is 0.617. The van der Waals surface area contributed by atoms with E-state index >= 15 is 0 Å². The third-order valence-electron chi connectivity index (χ3n) is 10.9. The van der Waals surface area contributed by atoms with Gasteiger partial charge in [-0.05, 0) is 96.3 Å². The maximum atomic E-state index is 12.9. The van der Waals surface area contributed by atoms with Crippen LogP contribution >= 0.6 is 7.82 Å². The molecule has 0 radical (unpaired) electrons. The minimum atomic E-state index is -4.79. The number of phosphoric ester groups is 1. The Kier molecular flexibility index (Phi) is 50.1. The summed E-state index contributed by atoms with van der Waals surface area (Å²) in [6.45, 7) is 4.19. The number of aliphatic hydroxyl groups is 1. The van der Waals surface area contributed by atoms with Gasteiger partial charge in [0.25, 0.3) is 0 Å². The summed E-state index contributed by atoms with van der Waals surface area (Å²) in [7, 11) is -4.79. The van der Waals surface area contributed by atoms with Crippen molar-refractivity contribution in [1.29, 1.82) is 0 Å². The van der Waals surface area contributed by atoms with E-state index < -0.39 is 64.4 Å². The van der Waals surface area contributed by atoms with E-state index in [1.165, 1.54) is 57.8 Å². The van der Waals surface area contributed by atoms with Crippen LogP contribution in [0.2, 0.25) is 0 Å². The van der Waals surface area contributed by atoms with Crippen molar-refractivity contribution in [3.05, 3.63) is 122 Å². The number of aliphatic hydroxyl groups excluding tert-OH is 1. The number of hydrogen-bond acceptors (Lipinski definition) is 10. The molecule has 0 aromatic carbocycles. The second-order valence-electron chi connectivity index (χ2n) is 17.6. The van der Waals surface area contributed by atoms with Gasteiger partial charge < -0.3 is 24.2 Å². The Morgan fingerprint density at radius 1 is 0.417 bits per heavy atom. The maximum absolute atomic E-state index is 12.9. The molecule has 0 spiro atoms. The monoisotopic (exact) mass is 1020 g/mol. The van der Waals surface area contributed by atoms with Crippen LogP contribution in [0, 0.1) is 0 Å². The first-order valence-electron chi connectivity index (χ1n) is 27.4. The van der Waals surface area contributed by atoms with Gasteiger partial charge in [-0.25, -0.2) is 4.57 Å². The lowest BCUT2D eigenvalue weighted by Crippen LogP contribution is -2.30. The smallest absolute Gasteiger partial charge is 0.461 e. The van der Waals surface area contributed by atoms with E-state index in [0.29, 0.717) is 19.3 Å². The predicted octanol–water partition coefficient (Wildman–Crippen LogP) is 16.0. The topological polar surface area (TPSA) is 155 Å². The molecule has 3 atom stereocenters. The van der Waals surface area contributed by atoms with Crippen molar-refractivity contribution < 1.29 is 52.2 Å². The van der Waals surface area contributed by atoms with Crippen molar-refractivity contribution in [2.45, 2.75) is 213 Å². The molecule has 3 unspecified atom stereocenters. The van der Waals surface area contributed by atoms with Gasteiger partial charge in [0.15, 0.2) is 6.10 Å². The van der Waals surface area contributed by atoms with Crippen LogP contribution in [0.1, 0.15) is 201 Å². The van der Waals surface area contributed by atoms with Gasteiger partial charge in [0, 0.05) is 12.8 Å². The first-order valence-corrected chi connectivity index (χ1v) is 28.9. The van der Waals surface area contributed by atoms with E-state index in [0.717, 1.165) is 83.5 Å². The number of carbonyl (C=O) groups excluding carboxylic acids is 3. The highest BCUT2D eigenvalue weighted by Crippen LogP contribution is 2.43. The summed E-state index contributed by atoms with van der Waals surface area (Å²) in [6.07, 6.45) is 65.0. The minimum absolute atomic E-state index is 0.0166. The summed E-state index contributed by atoms with van der Waals surface area (Å²) in [6, 6.07) is 0. The van der Waals surface area contributed by atoms with E-state index in [9.17, 15) is 28.9 Å². The fourth-order valence-corrected chi connectivity index (χ4v) is 7.57. The van der Waals surface area contributed by atoms with Crippen LogP contribution in [-0.2, 0) is 42.2 Å². The standard InChI is InChI=1S/C60H97O11P/c1-4-7-10-13-16-19-22-25-27-28-30-33-36-39-42-45-48-51-60(64)71-57(53-67-58(62)49-46-43-40-37-34-32-29-26-23-20-17-14-11-8-5-2)55-69-72(65,66)68-54-56(52-61)70-59(63)50-47-44-41-38-35-31-24-21-18-15-12-9-6-3/h8-9,11-12,17-18,20-21,25-27,29,31,34-35,37,41,43-44,46,56-57,61H,4-7,10,13-16,19,22-24,28,30,32-33,36,38-40,42,45,47-55H2,1-3H3,(H,65,66)/b11-8-,12-9-,20-17-,21-18-,27-25-,29-26-,35-31-,37-34-,44-41-,46-43-. The summed E-state index contributed by atoms with van der Waals surface area (Å²) in [5, 5.41) is 9.77. The van der Waals surface area contributed by atoms with E-state index in [4.69, 9.17) is 23.3 Å². The van der Waals surface area contributed by atoms with Gasteiger partial charge in [-0.2, -0.15) is 0 Å². The second kappa shape index (κ2) is 53.2. The second-order valence-corrected chi connectivity index (χ2v) is 19.1. The van der Waals surface area contributed by atoms with E-state index in [-0.39, 0.29) is 19.3 Å². The Bertz CT molecular complexity index is 1670. The van der Waals surface area contributed by atoms with Crippen LogP contribution in [0.25, 0.3) is 0 Å². The van der Waals surface area contributed by atoms with Crippen LogP contribution in [0.15, 0.2) is 122 Å². The molecule has 0 aliphatic rings. The lowest BCUT2D eigenvalue weighted by Gasteiger charge is -2.21. The lowest BCUT2D eigenvalue weighted by molar-refractivity contribution is -0.161. The molecule has 0 bridgehead atoms. The highest BCUT2D eigenvalue weighted by molar-refractivity contribution is 7.47. The quantitative estimate of drug-likeness (QED) is 0.0197. The van der Waals surface area contributed by atoms with Gasteiger partial charge in [0.05, 0.1) is 26.2 Å². The molecule has 11 nitrogen and oxygen atoms in total. The van der Waals surface area contributed by atoms with Crippen molar-refractivity contribution >= 4 is 25.7 Å².